The first-order valence-corrected chi connectivity index (χ1v) is 14.2. The Morgan fingerprint density at radius 3 is 2.47 bits per heavy atom. The van der Waals surface area contributed by atoms with Gasteiger partial charge in [0.05, 0.1) is 23.4 Å². The number of carbonyl (C=O) groups is 4. The first-order chi connectivity index (χ1) is 18.2. The molecule has 0 aromatic heterocycles. The number of methoxy groups -OCH3 is 1. The number of hydrogen-bond acceptors (Lipinski definition) is 6. The summed E-state index contributed by atoms with van der Waals surface area (Å²) in [6, 6.07) is 3.37. The van der Waals surface area contributed by atoms with Crippen LogP contribution >= 0.6 is 15.9 Å². The number of ketones is 2. The maximum absolute atomic E-state index is 14.0. The van der Waals surface area contributed by atoms with Gasteiger partial charge in [-0.2, -0.15) is 0 Å². The van der Waals surface area contributed by atoms with Crippen LogP contribution in [0.4, 0.5) is 0 Å². The van der Waals surface area contributed by atoms with Gasteiger partial charge in [0, 0.05) is 28.7 Å². The summed E-state index contributed by atoms with van der Waals surface area (Å²) in [5, 5.41) is 10.4. The topological polar surface area (TPSA) is 101 Å². The highest BCUT2D eigenvalue weighted by Gasteiger charge is 2.57. The van der Waals surface area contributed by atoms with Crippen molar-refractivity contribution < 1.29 is 29.0 Å². The Kier molecular flexibility index (Phi) is 6.21. The highest BCUT2D eigenvalue weighted by molar-refractivity contribution is 9.10. The molecule has 0 spiro atoms. The van der Waals surface area contributed by atoms with Crippen LogP contribution in [0.3, 0.4) is 0 Å². The van der Waals surface area contributed by atoms with Gasteiger partial charge in [0.25, 0.3) is 0 Å². The molecule has 2 amide bonds. The van der Waals surface area contributed by atoms with Gasteiger partial charge in [-0.05, 0) is 78.2 Å². The molecule has 2 fully saturated rings. The summed E-state index contributed by atoms with van der Waals surface area (Å²) in [5.74, 6) is -2.36. The molecule has 1 aliphatic heterocycles. The van der Waals surface area contributed by atoms with E-state index in [4.69, 9.17) is 4.74 Å². The Bertz CT molecular complexity index is 1380. The quantitative estimate of drug-likeness (QED) is 0.309. The number of rotatable bonds is 3. The number of Topliss-reactive ketones (excluding diaryl/α,β-unsaturated/α-hetero) is 1. The Morgan fingerprint density at radius 2 is 1.76 bits per heavy atom. The zero-order chi connectivity index (χ0) is 26.9. The van der Waals surface area contributed by atoms with E-state index in [-0.39, 0.29) is 53.3 Å². The second kappa shape index (κ2) is 9.33. The van der Waals surface area contributed by atoms with Crippen molar-refractivity contribution >= 4 is 39.3 Å². The van der Waals surface area contributed by atoms with Crippen LogP contribution in [-0.4, -0.2) is 46.5 Å². The number of carbonyl (C=O) groups excluding carboxylic acids is 4. The first kappa shape index (κ1) is 25.3. The lowest BCUT2D eigenvalue weighted by Gasteiger charge is -2.42. The number of amides is 2. The molecule has 1 saturated heterocycles. The van der Waals surface area contributed by atoms with Gasteiger partial charge in [0.15, 0.2) is 23.1 Å². The van der Waals surface area contributed by atoms with Crippen LogP contribution in [-0.2, 0) is 19.2 Å². The molecular formula is C30H30BrNO6. The van der Waals surface area contributed by atoms with Crippen LogP contribution in [0.2, 0.25) is 0 Å². The van der Waals surface area contributed by atoms with Crippen molar-refractivity contribution in [2.24, 2.45) is 17.8 Å². The third-order valence-electron chi connectivity index (χ3n) is 9.14. The van der Waals surface area contributed by atoms with Crippen molar-refractivity contribution in [3.05, 3.63) is 56.6 Å². The van der Waals surface area contributed by atoms with E-state index >= 15 is 0 Å². The highest BCUT2D eigenvalue weighted by Crippen LogP contribution is 2.56. The molecule has 0 radical (unpaired) electrons. The van der Waals surface area contributed by atoms with E-state index < -0.39 is 17.8 Å². The number of imide groups is 1. The van der Waals surface area contributed by atoms with Crippen LogP contribution in [0.25, 0.3) is 0 Å². The lowest BCUT2D eigenvalue weighted by Crippen LogP contribution is -2.43. The summed E-state index contributed by atoms with van der Waals surface area (Å²) in [4.78, 5) is 55.9. The number of aromatic hydroxyl groups is 1. The second-order valence-corrected chi connectivity index (χ2v) is 12.0. The summed E-state index contributed by atoms with van der Waals surface area (Å²) in [6.45, 7) is 1.64. The predicted octanol–water partition coefficient (Wildman–Crippen LogP) is 4.93. The predicted molar refractivity (Wildman–Crippen MR) is 142 cm³/mol. The number of benzene rings is 1. The maximum atomic E-state index is 14.0. The summed E-state index contributed by atoms with van der Waals surface area (Å²) in [5.41, 5.74) is 2.81. The van der Waals surface area contributed by atoms with Gasteiger partial charge in [-0.15, -0.1) is 0 Å². The first-order valence-electron chi connectivity index (χ1n) is 13.4. The van der Waals surface area contributed by atoms with Gasteiger partial charge >= 0.3 is 0 Å². The number of likely N-dealkylation sites (tertiary alicyclic amines) is 1. The Hall–Kier alpha value is -3.00. The lowest BCUT2D eigenvalue weighted by molar-refractivity contribution is -0.143. The number of phenols is 1. The number of nitrogens with zero attached hydrogens (tertiary/aromatic N) is 1. The third kappa shape index (κ3) is 3.67. The molecule has 198 valence electrons. The van der Waals surface area contributed by atoms with Gasteiger partial charge in [-0.3, -0.25) is 24.1 Å². The van der Waals surface area contributed by atoms with E-state index in [0.717, 1.165) is 37.7 Å². The smallest absolute Gasteiger partial charge is 0.233 e. The van der Waals surface area contributed by atoms with Crippen molar-refractivity contribution in [1.29, 1.82) is 0 Å². The molecule has 1 heterocycles. The van der Waals surface area contributed by atoms with E-state index in [1.807, 2.05) is 6.08 Å². The molecule has 6 rings (SSSR count). The van der Waals surface area contributed by atoms with E-state index in [9.17, 15) is 24.3 Å². The van der Waals surface area contributed by atoms with Gasteiger partial charge in [-0.1, -0.05) is 30.9 Å². The van der Waals surface area contributed by atoms with Gasteiger partial charge in [0.2, 0.25) is 11.8 Å². The fourth-order valence-corrected chi connectivity index (χ4v) is 7.86. The van der Waals surface area contributed by atoms with Gasteiger partial charge in [0.1, 0.15) is 0 Å². The monoisotopic (exact) mass is 579 g/mol. The molecule has 5 aliphatic rings. The third-order valence-corrected chi connectivity index (χ3v) is 9.74. The van der Waals surface area contributed by atoms with Crippen molar-refractivity contribution in [2.75, 3.05) is 7.11 Å². The standard InChI is InChI=1S/C30H30BrNO6/c1-14-10-22(33)26-20(27(14)34)13-19-17(24(26)15-11-21(31)28(35)23(12-15)38-2)8-9-18-25(19)30(37)32(29(18)36)16-6-4-3-5-7-16/h8,10-12,16,18-19,24-25,35H,3-7,9,13H2,1-2H3/t18-,19+,24-,25-/m0/s1. The van der Waals surface area contributed by atoms with E-state index in [2.05, 4.69) is 15.9 Å². The van der Waals surface area contributed by atoms with Crippen LogP contribution in [0.5, 0.6) is 11.5 Å². The Labute approximate surface area is 229 Å². The van der Waals surface area contributed by atoms with Crippen LogP contribution < -0.4 is 4.74 Å². The van der Waals surface area contributed by atoms with Crippen molar-refractivity contribution in [3.63, 3.8) is 0 Å². The molecule has 4 atom stereocenters. The number of fused-ring (bicyclic) bond motifs is 3. The molecule has 8 heteroatoms. The van der Waals surface area contributed by atoms with Crippen LogP contribution in [0.1, 0.15) is 63.4 Å². The molecule has 38 heavy (non-hydrogen) atoms. The Morgan fingerprint density at radius 1 is 1.03 bits per heavy atom. The highest BCUT2D eigenvalue weighted by atomic mass is 79.9. The molecule has 1 saturated carbocycles. The minimum absolute atomic E-state index is 0.0488. The number of phenolic OH excluding ortho intramolecular Hbond substituents is 1. The molecule has 0 bridgehead atoms. The molecule has 4 aliphatic carbocycles. The summed E-state index contributed by atoms with van der Waals surface area (Å²) in [7, 11) is 1.45. The molecule has 1 aromatic rings. The summed E-state index contributed by atoms with van der Waals surface area (Å²) in [6.07, 6.45) is 8.95. The fraction of sp³-hybridized carbons (Fsp3) is 0.467. The number of halogens is 1. The minimum atomic E-state index is -0.581. The van der Waals surface area contributed by atoms with E-state index in [1.165, 1.54) is 13.2 Å². The molecule has 1 aromatic carbocycles. The van der Waals surface area contributed by atoms with Gasteiger partial charge < -0.3 is 9.84 Å². The summed E-state index contributed by atoms with van der Waals surface area (Å²) >= 11 is 3.40. The van der Waals surface area contributed by atoms with E-state index in [0.29, 0.717) is 33.2 Å². The van der Waals surface area contributed by atoms with Crippen molar-refractivity contribution in [3.8, 4) is 11.5 Å². The lowest BCUT2D eigenvalue weighted by atomic mass is 9.59. The van der Waals surface area contributed by atoms with Crippen molar-refractivity contribution in [1.82, 2.24) is 4.90 Å². The second-order valence-electron chi connectivity index (χ2n) is 11.1. The normalized spacial score (nSPS) is 29.6. The number of hydrogen-bond donors (Lipinski definition) is 1. The SMILES string of the molecule is COc1cc([C@H]2C3=CC[C@@H]4C(=O)N(C5CCCCC5)C(=O)[C@@H]4[C@@H]3CC3=C2C(=O)C=C(C)C3=O)cc(Br)c1O. The summed E-state index contributed by atoms with van der Waals surface area (Å²) < 4.78 is 5.80. The Balaban J connectivity index is 1.49. The average Bonchev–Trinajstić information content (AvgIpc) is 3.17. The van der Waals surface area contributed by atoms with Crippen molar-refractivity contribution in [2.45, 2.75) is 63.8 Å². The number of allylic oxidation sites excluding steroid dienone is 6. The molecule has 0 unspecified atom stereocenters. The minimum Gasteiger partial charge on any atom is -0.503 e. The van der Waals surface area contributed by atoms with Gasteiger partial charge in [-0.25, -0.2) is 0 Å². The number of ether oxygens (including phenoxy) is 1. The molecule has 7 nitrogen and oxygen atoms in total. The zero-order valence-electron chi connectivity index (χ0n) is 21.5. The maximum Gasteiger partial charge on any atom is 0.233 e. The molecule has 1 N–H and O–H groups in total. The largest absolute Gasteiger partial charge is 0.503 e. The fourth-order valence-electron chi connectivity index (χ4n) is 7.40. The average molecular weight is 580 g/mol. The zero-order valence-corrected chi connectivity index (χ0v) is 23.0. The van der Waals surface area contributed by atoms with E-state index in [1.54, 1.807) is 24.0 Å². The van der Waals surface area contributed by atoms with Crippen LogP contribution in [0.15, 0.2) is 51.0 Å². The molecular weight excluding hydrogens is 550 g/mol. The van der Waals surface area contributed by atoms with Crippen LogP contribution in [0, 0.1) is 17.8 Å².